The Bertz CT molecular complexity index is 357. The zero-order valence-corrected chi connectivity index (χ0v) is 9.78. The topological polar surface area (TPSA) is 49.8 Å². The first kappa shape index (κ1) is 12.8. The second-order valence-corrected chi connectivity index (χ2v) is 3.72. The third-order valence-corrected chi connectivity index (χ3v) is 2.25. The Balaban J connectivity index is 2.42. The van der Waals surface area contributed by atoms with E-state index in [2.05, 4.69) is 0 Å². The summed E-state index contributed by atoms with van der Waals surface area (Å²) in [5, 5.41) is 9.22. The van der Waals surface area contributed by atoms with Gasteiger partial charge in [-0.15, -0.1) is 0 Å². The van der Waals surface area contributed by atoms with Crippen molar-refractivity contribution in [2.75, 3.05) is 26.8 Å². The first-order valence-electron chi connectivity index (χ1n) is 4.86. The molecule has 0 unspecified atom stereocenters. The van der Waals surface area contributed by atoms with E-state index in [0.29, 0.717) is 17.3 Å². The normalized spacial score (nSPS) is 9.94. The molecule has 4 nitrogen and oxygen atoms in total. The van der Waals surface area contributed by atoms with E-state index in [9.17, 15) is 4.79 Å². The van der Waals surface area contributed by atoms with Gasteiger partial charge in [-0.05, 0) is 18.2 Å². The van der Waals surface area contributed by atoms with E-state index in [-0.39, 0.29) is 19.1 Å². The minimum atomic E-state index is -0.186. The van der Waals surface area contributed by atoms with Crippen LogP contribution in [0.1, 0.15) is 0 Å². The molecule has 1 amide bonds. The zero-order chi connectivity index (χ0) is 12.0. The van der Waals surface area contributed by atoms with Crippen molar-refractivity contribution in [3.8, 4) is 5.75 Å². The molecule has 5 heteroatoms. The molecule has 1 N–H and O–H groups in total. The van der Waals surface area contributed by atoms with Crippen LogP contribution in [0.25, 0.3) is 0 Å². The number of aliphatic hydroxyl groups is 1. The first-order chi connectivity index (χ1) is 7.63. The summed E-state index contributed by atoms with van der Waals surface area (Å²) in [5.74, 6) is 0.368. The molecule has 0 heterocycles. The minimum Gasteiger partial charge on any atom is -0.484 e. The first-order valence-corrected chi connectivity index (χ1v) is 5.24. The van der Waals surface area contributed by atoms with Crippen LogP contribution in [0.5, 0.6) is 5.75 Å². The number of amides is 1. The Kier molecular flexibility index (Phi) is 5.08. The van der Waals surface area contributed by atoms with Crippen LogP contribution in [-0.4, -0.2) is 42.7 Å². The SMILES string of the molecule is CN(CCO)C(=O)COc1cccc(Cl)c1. The van der Waals surface area contributed by atoms with E-state index in [1.165, 1.54) is 4.90 Å². The summed E-state index contributed by atoms with van der Waals surface area (Å²) in [6.07, 6.45) is 0. The molecule has 16 heavy (non-hydrogen) atoms. The van der Waals surface area contributed by atoms with Gasteiger partial charge in [-0.25, -0.2) is 0 Å². The predicted octanol–water partition coefficient (Wildman–Crippen LogP) is 1.17. The molecule has 0 aliphatic rings. The summed E-state index contributed by atoms with van der Waals surface area (Å²) in [6, 6.07) is 6.85. The fraction of sp³-hybridized carbons (Fsp3) is 0.364. The fourth-order valence-corrected chi connectivity index (χ4v) is 1.27. The molecule has 0 aliphatic carbocycles. The molecule has 0 saturated carbocycles. The lowest BCUT2D eigenvalue weighted by molar-refractivity contribution is -0.132. The summed E-state index contributed by atoms with van der Waals surface area (Å²) in [7, 11) is 1.61. The Morgan fingerprint density at radius 1 is 1.56 bits per heavy atom. The molecule has 0 bridgehead atoms. The molecule has 0 atom stereocenters. The van der Waals surface area contributed by atoms with Crippen LogP contribution >= 0.6 is 11.6 Å². The summed E-state index contributed by atoms with van der Waals surface area (Å²) in [6.45, 7) is 0.188. The van der Waals surface area contributed by atoms with Gasteiger partial charge >= 0.3 is 0 Å². The molecule has 0 aromatic heterocycles. The number of carbonyl (C=O) groups excluding carboxylic acids is 1. The second kappa shape index (κ2) is 6.35. The van der Waals surface area contributed by atoms with Crippen LogP contribution in [0, 0.1) is 0 Å². The Morgan fingerprint density at radius 3 is 2.94 bits per heavy atom. The van der Waals surface area contributed by atoms with Crippen LogP contribution in [0.15, 0.2) is 24.3 Å². The number of hydrogen-bond donors (Lipinski definition) is 1. The highest BCUT2D eigenvalue weighted by Crippen LogP contribution is 2.16. The summed E-state index contributed by atoms with van der Waals surface area (Å²) < 4.78 is 5.26. The van der Waals surface area contributed by atoms with E-state index in [1.54, 1.807) is 31.3 Å². The van der Waals surface area contributed by atoms with Crippen molar-refractivity contribution in [3.63, 3.8) is 0 Å². The largest absolute Gasteiger partial charge is 0.484 e. The number of nitrogens with zero attached hydrogens (tertiary/aromatic N) is 1. The van der Waals surface area contributed by atoms with Crippen molar-refractivity contribution >= 4 is 17.5 Å². The average molecular weight is 244 g/mol. The maximum absolute atomic E-state index is 11.4. The number of ether oxygens (including phenoxy) is 1. The fourth-order valence-electron chi connectivity index (χ4n) is 1.09. The molecule has 1 rings (SSSR count). The van der Waals surface area contributed by atoms with Crippen LogP contribution in [0.2, 0.25) is 5.02 Å². The van der Waals surface area contributed by atoms with Gasteiger partial charge in [-0.1, -0.05) is 17.7 Å². The monoisotopic (exact) mass is 243 g/mol. The van der Waals surface area contributed by atoms with Gasteiger partial charge in [0.2, 0.25) is 0 Å². The minimum absolute atomic E-state index is 0.0561. The standard InChI is InChI=1S/C11H14ClNO3/c1-13(5-6-14)11(15)8-16-10-4-2-3-9(12)7-10/h2-4,7,14H,5-6,8H2,1H3. The molecule has 0 saturated heterocycles. The van der Waals surface area contributed by atoms with E-state index in [0.717, 1.165) is 0 Å². The Morgan fingerprint density at radius 2 is 2.31 bits per heavy atom. The molecule has 1 aromatic carbocycles. The van der Waals surface area contributed by atoms with E-state index >= 15 is 0 Å². The number of carbonyl (C=O) groups is 1. The van der Waals surface area contributed by atoms with Crippen molar-refractivity contribution in [1.82, 2.24) is 4.90 Å². The van der Waals surface area contributed by atoms with Crippen molar-refractivity contribution in [2.45, 2.75) is 0 Å². The number of halogens is 1. The van der Waals surface area contributed by atoms with E-state index < -0.39 is 0 Å². The number of hydrogen-bond acceptors (Lipinski definition) is 3. The highest BCUT2D eigenvalue weighted by Gasteiger charge is 2.08. The third-order valence-electron chi connectivity index (χ3n) is 2.02. The van der Waals surface area contributed by atoms with Gasteiger partial charge in [-0.2, -0.15) is 0 Å². The van der Waals surface area contributed by atoms with Gasteiger partial charge in [0.05, 0.1) is 6.61 Å². The van der Waals surface area contributed by atoms with Crippen molar-refractivity contribution in [1.29, 1.82) is 0 Å². The smallest absolute Gasteiger partial charge is 0.260 e. The maximum atomic E-state index is 11.4. The highest BCUT2D eigenvalue weighted by atomic mass is 35.5. The quantitative estimate of drug-likeness (QED) is 0.845. The average Bonchev–Trinajstić information content (AvgIpc) is 2.26. The molecule has 1 aromatic rings. The van der Waals surface area contributed by atoms with E-state index in [4.69, 9.17) is 21.4 Å². The predicted molar refractivity (Wildman–Crippen MR) is 61.7 cm³/mol. The highest BCUT2D eigenvalue weighted by molar-refractivity contribution is 6.30. The molecule has 88 valence electrons. The summed E-state index contributed by atoms with van der Waals surface area (Å²) in [5.41, 5.74) is 0. The lowest BCUT2D eigenvalue weighted by Gasteiger charge is -2.15. The lowest BCUT2D eigenvalue weighted by atomic mass is 10.3. The van der Waals surface area contributed by atoms with Crippen molar-refractivity contribution < 1.29 is 14.6 Å². The third kappa shape index (κ3) is 4.08. The van der Waals surface area contributed by atoms with Crippen LogP contribution in [-0.2, 0) is 4.79 Å². The van der Waals surface area contributed by atoms with E-state index in [1.807, 2.05) is 0 Å². The molecule has 0 radical (unpaired) electrons. The van der Waals surface area contributed by atoms with Crippen molar-refractivity contribution in [2.24, 2.45) is 0 Å². The van der Waals surface area contributed by atoms with Crippen LogP contribution < -0.4 is 4.74 Å². The van der Waals surface area contributed by atoms with Gasteiger partial charge in [0, 0.05) is 18.6 Å². The summed E-state index contributed by atoms with van der Waals surface area (Å²) in [4.78, 5) is 12.9. The van der Waals surface area contributed by atoms with Gasteiger partial charge in [0.1, 0.15) is 5.75 Å². The lowest BCUT2D eigenvalue weighted by Crippen LogP contribution is -2.33. The number of rotatable bonds is 5. The number of aliphatic hydroxyl groups excluding tert-OH is 1. The van der Waals surface area contributed by atoms with Gasteiger partial charge in [0.25, 0.3) is 5.91 Å². The molecule has 0 aliphatic heterocycles. The summed E-state index contributed by atoms with van der Waals surface area (Å²) >= 11 is 5.76. The van der Waals surface area contributed by atoms with Gasteiger partial charge in [0.15, 0.2) is 6.61 Å². The molecule has 0 fully saturated rings. The van der Waals surface area contributed by atoms with Crippen LogP contribution in [0.4, 0.5) is 0 Å². The number of likely N-dealkylation sites (N-methyl/N-ethyl adjacent to an activating group) is 1. The van der Waals surface area contributed by atoms with Crippen LogP contribution in [0.3, 0.4) is 0 Å². The second-order valence-electron chi connectivity index (χ2n) is 3.28. The molecular formula is C11H14ClNO3. The number of benzene rings is 1. The molecular weight excluding hydrogens is 230 g/mol. The Labute approximate surface area is 99.4 Å². The Hall–Kier alpha value is -1.26. The van der Waals surface area contributed by atoms with Crippen molar-refractivity contribution in [3.05, 3.63) is 29.3 Å². The zero-order valence-electron chi connectivity index (χ0n) is 9.02. The van der Waals surface area contributed by atoms with Gasteiger partial charge < -0.3 is 14.7 Å². The molecule has 0 spiro atoms. The van der Waals surface area contributed by atoms with Gasteiger partial charge in [-0.3, -0.25) is 4.79 Å². The maximum Gasteiger partial charge on any atom is 0.260 e.